The first-order chi connectivity index (χ1) is 21.6. The molecule has 230 valence electrons. The lowest BCUT2D eigenvalue weighted by Gasteiger charge is -2.34. The summed E-state index contributed by atoms with van der Waals surface area (Å²) in [6.07, 6.45) is -1.48. The number of hydrogen-bond donors (Lipinski definition) is 1. The van der Waals surface area contributed by atoms with Crippen LogP contribution in [0.3, 0.4) is 0 Å². The zero-order chi connectivity index (χ0) is 31.7. The first kappa shape index (κ1) is 29.8. The highest BCUT2D eigenvalue weighted by Gasteiger charge is 2.31. The number of carbonyl (C=O) groups excluding carboxylic acids is 2. The molecule has 0 aliphatic carbocycles. The van der Waals surface area contributed by atoms with Crippen molar-refractivity contribution in [1.82, 2.24) is 24.3 Å². The number of ether oxygens (including phenoxy) is 1. The van der Waals surface area contributed by atoms with Crippen molar-refractivity contribution < 1.29 is 27.5 Å². The molecule has 2 N–H and O–H groups in total. The average Bonchev–Trinajstić information content (AvgIpc) is 3.36. The second-order valence-electron chi connectivity index (χ2n) is 10.8. The number of rotatable bonds is 7. The highest BCUT2D eigenvalue weighted by Crippen LogP contribution is 2.35. The molecular formula is C33H29F3N6O3. The van der Waals surface area contributed by atoms with Crippen LogP contribution in [0.25, 0.3) is 22.0 Å². The normalized spacial score (nSPS) is 14.1. The quantitative estimate of drug-likeness (QED) is 0.260. The van der Waals surface area contributed by atoms with Crippen molar-refractivity contribution in [3.05, 3.63) is 108 Å². The summed E-state index contributed by atoms with van der Waals surface area (Å²) in [6, 6.07) is 18.9. The number of halogens is 3. The highest BCUT2D eigenvalue weighted by atomic mass is 19.4. The van der Waals surface area contributed by atoms with Crippen LogP contribution in [-0.2, 0) is 19.8 Å². The summed E-state index contributed by atoms with van der Waals surface area (Å²) in [5.41, 5.74) is 7.10. The fraction of sp³-hybridized carbons (Fsp3) is 0.212. The van der Waals surface area contributed by atoms with Gasteiger partial charge in [-0.2, -0.15) is 13.2 Å². The first-order valence-corrected chi connectivity index (χ1v) is 14.2. The summed E-state index contributed by atoms with van der Waals surface area (Å²) in [5, 5.41) is 0.869. The zero-order valence-electron chi connectivity index (χ0n) is 24.3. The van der Waals surface area contributed by atoms with Crippen molar-refractivity contribution >= 4 is 22.7 Å². The molecule has 0 unspecified atom stereocenters. The molecule has 4 heterocycles. The molecule has 2 aromatic carbocycles. The Balaban J connectivity index is 1.15. The van der Waals surface area contributed by atoms with E-state index in [0.717, 1.165) is 54.4 Å². The molecule has 3 aromatic heterocycles. The summed E-state index contributed by atoms with van der Waals surface area (Å²) in [5.74, 6) is -0.241. The Morgan fingerprint density at radius 3 is 2.40 bits per heavy atom. The van der Waals surface area contributed by atoms with Gasteiger partial charge in [0.15, 0.2) is 0 Å². The molecule has 0 bridgehead atoms. The third-order valence-corrected chi connectivity index (χ3v) is 7.89. The van der Waals surface area contributed by atoms with E-state index in [9.17, 15) is 22.8 Å². The number of carbonyl (C=O) groups is 2. The smallest absolute Gasteiger partial charge is 0.416 e. The summed E-state index contributed by atoms with van der Waals surface area (Å²) in [7, 11) is 1.83. The molecule has 2 amide bonds. The van der Waals surface area contributed by atoms with Gasteiger partial charge in [0, 0.05) is 80.8 Å². The Kier molecular flexibility index (Phi) is 7.98. The predicted molar refractivity (Wildman–Crippen MR) is 162 cm³/mol. The third kappa shape index (κ3) is 6.36. The number of amides is 2. The minimum atomic E-state index is -4.59. The summed E-state index contributed by atoms with van der Waals surface area (Å²) < 4.78 is 47.7. The van der Waals surface area contributed by atoms with E-state index in [-0.39, 0.29) is 28.5 Å². The second-order valence-corrected chi connectivity index (χ2v) is 10.8. The molecule has 1 fully saturated rings. The number of primary amides is 1. The lowest BCUT2D eigenvalue weighted by atomic mass is 9.98. The second kappa shape index (κ2) is 12.0. The molecule has 9 nitrogen and oxygen atoms in total. The summed E-state index contributed by atoms with van der Waals surface area (Å²) in [6.45, 7) is 3.49. The maximum Gasteiger partial charge on any atom is 0.416 e. The molecule has 45 heavy (non-hydrogen) atoms. The number of nitrogens with zero attached hydrogens (tertiary/aromatic N) is 5. The number of nitrogens with two attached hydrogens (primary N) is 1. The molecule has 1 aliphatic heterocycles. The molecule has 1 saturated heterocycles. The van der Waals surface area contributed by atoms with E-state index in [0.29, 0.717) is 24.5 Å². The van der Waals surface area contributed by atoms with Crippen molar-refractivity contribution in [1.29, 1.82) is 0 Å². The van der Waals surface area contributed by atoms with E-state index < -0.39 is 17.6 Å². The van der Waals surface area contributed by atoms with E-state index in [1.54, 1.807) is 18.3 Å². The van der Waals surface area contributed by atoms with Crippen molar-refractivity contribution in [2.75, 3.05) is 26.2 Å². The van der Waals surface area contributed by atoms with Crippen LogP contribution >= 0.6 is 0 Å². The van der Waals surface area contributed by atoms with Crippen molar-refractivity contribution in [3.63, 3.8) is 0 Å². The van der Waals surface area contributed by atoms with Gasteiger partial charge < -0.3 is 19.9 Å². The van der Waals surface area contributed by atoms with Gasteiger partial charge in [-0.05, 0) is 60.2 Å². The molecule has 0 radical (unpaired) electrons. The largest absolute Gasteiger partial charge is 0.439 e. The zero-order valence-corrected chi connectivity index (χ0v) is 24.3. The Morgan fingerprint density at radius 2 is 1.73 bits per heavy atom. The fourth-order valence-corrected chi connectivity index (χ4v) is 5.47. The maximum atomic E-state index is 13.5. The Hall–Kier alpha value is -5.23. The van der Waals surface area contributed by atoms with Gasteiger partial charge in [-0.1, -0.05) is 6.07 Å². The monoisotopic (exact) mass is 614 g/mol. The van der Waals surface area contributed by atoms with E-state index in [2.05, 4.69) is 14.9 Å². The Bertz CT molecular complexity index is 1870. The molecule has 0 saturated carbocycles. The molecular weight excluding hydrogens is 585 g/mol. The van der Waals surface area contributed by atoms with Crippen molar-refractivity contribution in [3.8, 4) is 22.8 Å². The fourth-order valence-electron chi connectivity index (χ4n) is 5.47. The number of aromatic nitrogens is 3. The number of piperazine rings is 1. The molecule has 6 rings (SSSR count). The van der Waals surface area contributed by atoms with Gasteiger partial charge >= 0.3 is 6.18 Å². The van der Waals surface area contributed by atoms with Gasteiger partial charge in [0.1, 0.15) is 11.4 Å². The number of pyridine rings is 2. The molecule has 0 spiro atoms. The van der Waals surface area contributed by atoms with E-state index in [1.165, 1.54) is 18.3 Å². The summed E-state index contributed by atoms with van der Waals surface area (Å²) in [4.78, 5) is 38.1. The van der Waals surface area contributed by atoms with Gasteiger partial charge in [-0.25, -0.2) is 4.98 Å². The van der Waals surface area contributed by atoms with Gasteiger partial charge in [0.05, 0.1) is 16.8 Å². The number of fused-ring (bicyclic) bond motifs is 1. The van der Waals surface area contributed by atoms with Crippen LogP contribution in [0.1, 0.15) is 32.1 Å². The van der Waals surface area contributed by atoms with Crippen LogP contribution in [-0.4, -0.2) is 62.3 Å². The van der Waals surface area contributed by atoms with E-state index >= 15 is 0 Å². The van der Waals surface area contributed by atoms with Crippen LogP contribution in [0.2, 0.25) is 0 Å². The minimum Gasteiger partial charge on any atom is -0.439 e. The lowest BCUT2D eigenvalue weighted by molar-refractivity contribution is -0.137. The first-order valence-electron chi connectivity index (χ1n) is 14.2. The molecule has 0 atom stereocenters. The topological polar surface area (TPSA) is 107 Å². The lowest BCUT2D eigenvalue weighted by Crippen LogP contribution is -2.48. The minimum absolute atomic E-state index is 0.0217. The summed E-state index contributed by atoms with van der Waals surface area (Å²) >= 11 is 0. The molecule has 1 aliphatic rings. The standard InChI is InChI=1S/C33H29F3N6O3/c1-40-28-18-25(45-30-10-6-22(19-39-30)27-17-23(33(34,35)36)7-9-26(27)31(37)43)8-5-21(28)16-29(40)32(44)42-14-12-41(13-15-42)20-24-4-2-3-11-38-24/h2-11,16-19H,12-15,20H2,1H3,(H2,37,43). The van der Waals surface area contributed by atoms with Gasteiger partial charge in [-0.15, -0.1) is 0 Å². The average molecular weight is 615 g/mol. The SMILES string of the molecule is Cn1c(C(=O)N2CCN(Cc3ccccn3)CC2)cc2ccc(Oc3ccc(-c4cc(C(F)(F)F)ccc4C(N)=O)cn3)cc21. The highest BCUT2D eigenvalue weighted by molar-refractivity contribution is 6.00. The van der Waals surface area contributed by atoms with Crippen molar-refractivity contribution in [2.45, 2.75) is 12.7 Å². The van der Waals surface area contributed by atoms with E-state index in [4.69, 9.17) is 10.5 Å². The number of alkyl halides is 3. The number of benzene rings is 2. The van der Waals surface area contributed by atoms with Crippen LogP contribution < -0.4 is 10.5 Å². The number of aryl methyl sites for hydroxylation is 1. The van der Waals surface area contributed by atoms with Gasteiger partial charge in [-0.3, -0.25) is 19.5 Å². The maximum absolute atomic E-state index is 13.5. The van der Waals surface area contributed by atoms with Crippen LogP contribution in [0.5, 0.6) is 11.6 Å². The molecule has 12 heteroatoms. The van der Waals surface area contributed by atoms with Crippen LogP contribution in [0.15, 0.2) is 85.2 Å². The Morgan fingerprint density at radius 1 is 0.933 bits per heavy atom. The van der Waals surface area contributed by atoms with E-state index in [1.807, 2.05) is 46.8 Å². The number of hydrogen-bond acceptors (Lipinski definition) is 6. The van der Waals surface area contributed by atoms with Crippen molar-refractivity contribution in [2.24, 2.45) is 12.8 Å². The van der Waals surface area contributed by atoms with Gasteiger partial charge in [0.2, 0.25) is 11.8 Å². The van der Waals surface area contributed by atoms with Gasteiger partial charge in [0.25, 0.3) is 5.91 Å². The Labute approximate surface area is 256 Å². The third-order valence-electron chi connectivity index (χ3n) is 7.89. The molecule has 5 aromatic rings. The van der Waals surface area contributed by atoms with Crippen LogP contribution in [0, 0.1) is 0 Å². The predicted octanol–water partition coefficient (Wildman–Crippen LogP) is 5.50. The van der Waals surface area contributed by atoms with Crippen LogP contribution in [0.4, 0.5) is 13.2 Å².